The Labute approximate surface area is 282 Å². The van der Waals surface area contributed by atoms with Crippen LogP contribution in [0.25, 0.3) is 0 Å². The predicted molar refractivity (Wildman–Crippen MR) is 181 cm³/mol. The van der Waals surface area contributed by atoms with E-state index in [1.807, 2.05) is 11.8 Å². The molecular formula is C37H62F2N4O4. The molecule has 3 N–H and O–H groups in total. The maximum Gasteiger partial charge on any atom is 0.237 e. The van der Waals surface area contributed by atoms with E-state index in [1.165, 1.54) is 0 Å². The number of amides is 3. The van der Waals surface area contributed by atoms with Crippen molar-refractivity contribution in [3.8, 4) is 11.8 Å². The Morgan fingerprint density at radius 3 is 2.02 bits per heavy atom. The van der Waals surface area contributed by atoms with Gasteiger partial charge in [-0.3, -0.25) is 19.8 Å². The molecule has 0 bridgehead atoms. The molecule has 3 saturated carbocycles. The van der Waals surface area contributed by atoms with Crippen LogP contribution in [0.2, 0.25) is 0 Å². The smallest absolute Gasteiger partial charge is 0.237 e. The van der Waals surface area contributed by atoms with Gasteiger partial charge in [0.15, 0.2) is 0 Å². The number of halogens is 2. The number of alkyl halides is 2. The first-order valence-electron chi connectivity index (χ1n) is 18.6. The Hall–Kier alpha value is -2.25. The molecular weight excluding hydrogens is 602 g/mol. The third-order valence-electron chi connectivity index (χ3n) is 10.3. The largest absolute Gasteiger partial charge is 0.390 e. The Balaban J connectivity index is 1.78. The van der Waals surface area contributed by atoms with Crippen LogP contribution in [-0.4, -0.2) is 83.4 Å². The summed E-state index contributed by atoms with van der Waals surface area (Å²) in [5.74, 6) is 4.68. The SMILES string of the molecule is CC#CC1CC(C(=O)NC(CC2CC(F)CC(F)C2)C(O)CN(CCC)NC(=O)C2CCCCC2)CC(C(=O)N(CCC)CCC)C1. The molecule has 7 atom stereocenters. The summed E-state index contributed by atoms with van der Waals surface area (Å²) in [6, 6.07) is -0.764. The van der Waals surface area contributed by atoms with E-state index in [1.54, 1.807) is 11.9 Å². The van der Waals surface area contributed by atoms with Crippen molar-refractivity contribution in [2.24, 2.45) is 29.6 Å². The fourth-order valence-corrected chi connectivity index (χ4v) is 8.07. The van der Waals surface area contributed by atoms with Gasteiger partial charge in [-0.15, -0.1) is 11.8 Å². The summed E-state index contributed by atoms with van der Waals surface area (Å²) in [5, 5.41) is 16.4. The van der Waals surface area contributed by atoms with E-state index in [2.05, 4.69) is 36.4 Å². The normalized spacial score (nSPS) is 28.1. The highest BCUT2D eigenvalue weighted by Crippen LogP contribution is 2.36. The molecule has 3 fully saturated rings. The fourth-order valence-electron chi connectivity index (χ4n) is 8.07. The first-order chi connectivity index (χ1) is 22.6. The quantitative estimate of drug-likeness (QED) is 0.145. The van der Waals surface area contributed by atoms with Crippen molar-refractivity contribution < 1.29 is 28.3 Å². The van der Waals surface area contributed by atoms with E-state index in [4.69, 9.17) is 0 Å². The Kier molecular flexibility index (Phi) is 16.9. The Morgan fingerprint density at radius 2 is 1.43 bits per heavy atom. The van der Waals surface area contributed by atoms with E-state index in [9.17, 15) is 28.3 Å². The maximum atomic E-state index is 14.4. The second-order valence-corrected chi connectivity index (χ2v) is 14.5. The molecule has 7 unspecified atom stereocenters. The number of nitrogens with one attached hydrogen (secondary N) is 2. The molecule has 10 heteroatoms. The lowest BCUT2D eigenvalue weighted by Crippen LogP contribution is -2.55. The molecule has 0 saturated heterocycles. The third-order valence-corrected chi connectivity index (χ3v) is 10.3. The van der Waals surface area contributed by atoms with Crippen molar-refractivity contribution in [3.63, 3.8) is 0 Å². The van der Waals surface area contributed by atoms with Crippen molar-refractivity contribution >= 4 is 17.7 Å². The zero-order valence-corrected chi connectivity index (χ0v) is 29.5. The minimum absolute atomic E-state index is 0.0417. The van der Waals surface area contributed by atoms with Crippen LogP contribution in [0.1, 0.15) is 124 Å². The van der Waals surface area contributed by atoms with Crippen LogP contribution < -0.4 is 10.7 Å². The summed E-state index contributed by atoms with van der Waals surface area (Å²) < 4.78 is 28.9. The van der Waals surface area contributed by atoms with Gasteiger partial charge < -0.3 is 15.3 Å². The van der Waals surface area contributed by atoms with Gasteiger partial charge in [0.1, 0.15) is 12.3 Å². The number of nitrogens with zero attached hydrogens (tertiary/aromatic N) is 2. The monoisotopic (exact) mass is 664 g/mol. The molecule has 0 radical (unpaired) electrons. The van der Waals surface area contributed by atoms with Crippen molar-refractivity contribution in [1.82, 2.24) is 20.7 Å². The van der Waals surface area contributed by atoms with Gasteiger partial charge in [0, 0.05) is 56.3 Å². The molecule has 8 nitrogen and oxygen atoms in total. The third kappa shape index (κ3) is 12.6. The first kappa shape index (κ1) is 39.2. The molecule has 0 aliphatic heterocycles. The molecule has 0 aromatic rings. The van der Waals surface area contributed by atoms with E-state index in [-0.39, 0.29) is 73.6 Å². The number of hydrazine groups is 1. The lowest BCUT2D eigenvalue weighted by Gasteiger charge is -2.37. The zero-order valence-electron chi connectivity index (χ0n) is 29.5. The summed E-state index contributed by atoms with van der Waals surface area (Å²) in [6.45, 7) is 9.82. The zero-order chi connectivity index (χ0) is 34.3. The number of aliphatic hydroxyl groups is 1. The highest BCUT2D eigenvalue weighted by molar-refractivity contribution is 5.83. The van der Waals surface area contributed by atoms with E-state index >= 15 is 0 Å². The Bertz CT molecular complexity index is 1030. The lowest BCUT2D eigenvalue weighted by atomic mass is 9.74. The van der Waals surface area contributed by atoms with Gasteiger partial charge in [0.25, 0.3) is 0 Å². The molecule has 268 valence electrons. The van der Waals surface area contributed by atoms with Gasteiger partial charge in [-0.2, -0.15) is 0 Å². The number of rotatable bonds is 16. The molecule has 0 spiro atoms. The van der Waals surface area contributed by atoms with Crippen LogP contribution in [0, 0.1) is 41.4 Å². The van der Waals surface area contributed by atoms with Crippen LogP contribution in [0.4, 0.5) is 8.78 Å². The van der Waals surface area contributed by atoms with Gasteiger partial charge >= 0.3 is 0 Å². The maximum absolute atomic E-state index is 14.4. The predicted octanol–water partition coefficient (Wildman–Crippen LogP) is 5.73. The number of carbonyl (C=O) groups is 3. The van der Waals surface area contributed by atoms with Gasteiger partial charge in [-0.05, 0) is 83.5 Å². The topological polar surface area (TPSA) is 102 Å². The molecule has 0 aromatic carbocycles. The molecule has 3 amide bonds. The Morgan fingerprint density at radius 1 is 0.809 bits per heavy atom. The van der Waals surface area contributed by atoms with Crippen molar-refractivity contribution in [3.05, 3.63) is 0 Å². The van der Waals surface area contributed by atoms with Crippen LogP contribution in [0.15, 0.2) is 0 Å². The van der Waals surface area contributed by atoms with Gasteiger partial charge in [-0.1, -0.05) is 40.0 Å². The van der Waals surface area contributed by atoms with Crippen LogP contribution >= 0.6 is 0 Å². The van der Waals surface area contributed by atoms with Crippen molar-refractivity contribution in [1.29, 1.82) is 0 Å². The lowest BCUT2D eigenvalue weighted by molar-refractivity contribution is -0.139. The van der Waals surface area contributed by atoms with Gasteiger partial charge in [0.05, 0.1) is 12.1 Å². The summed E-state index contributed by atoms with van der Waals surface area (Å²) in [4.78, 5) is 42.6. The average Bonchev–Trinajstić information content (AvgIpc) is 3.04. The van der Waals surface area contributed by atoms with E-state index in [0.717, 1.165) is 51.4 Å². The molecule has 3 rings (SSSR count). The first-order valence-corrected chi connectivity index (χ1v) is 18.6. The van der Waals surface area contributed by atoms with E-state index < -0.39 is 30.4 Å². The minimum Gasteiger partial charge on any atom is -0.390 e. The van der Waals surface area contributed by atoms with Gasteiger partial charge in [-0.25, -0.2) is 13.8 Å². The minimum atomic E-state index is -1.25. The van der Waals surface area contributed by atoms with Crippen LogP contribution in [0.3, 0.4) is 0 Å². The van der Waals surface area contributed by atoms with E-state index in [0.29, 0.717) is 38.9 Å². The molecule has 3 aliphatic rings. The second-order valence-electron chi connectivity index (χ2n) is 14.5. The highest BCUT2D eigenvalue weighted by Gasteiger charge is 2.39. The summed E-state index contributed by atoms with van der Waals surface area (Å²) >= 11 is 0. The number of aliphatic hydroxyl groups excluding tert-OH is 1. The highest BCUT2D eigenvalue weighted by atomic mass is 19.1. The van der Waals surface area contributed by atoms with Gasteiger partial charge in [0.2, 0.25) is 17.7 Å². The summed E-state index contributed by atoms with van der Waals surface area (Å²) in [5.41, 5.74) is 3.02. The molecule has 47 heavy (non-hydrogen) atoms. The van der Waals surface area contributed by atoms with Crippen LogP contribution in [0.5, 0.6) is 0 Å². The molecule has 3 aliphatic carbocycles. The second kappa shape index (κ2) is 20.3. The molecule has 0 heterocycles. The average molecular weight is 665 g/mol. The van der Waals surface area contributed by atoms with Crippen molar-refractivity contribution in [2.75, 3.05) is 26.2 Å². The molecule has 0 aromatic heterocycles. The fraction of sp³-hybridized carbons (Fsp3) is 0.865. The standard InChI is InChI=1S/C37H62F2N4O4/c1-5-12-26-18-29(23-30(19-26)37(47)42(15-6-2)16-7-3)35(45)40-33(22-27-20-31(38)24-32(39)21-27)34(44)25-43(17-8-4)41-36(46)28-13-10-9-11-14-28/h26-34,44H,6-11,13-25H2,1-4H3,(H,40,45)(H,41,46). The number of hydrogen-bond donors (Lipinski definition) is 3. The summed E-state index contributed by atoms with van der Waals surface area (Å²) in [6.07, 6.45) is 5.82. The number of hydrogen-bond acceptors (Lipinski definition) is 5. The van der Waals surface area contributed by atoms with Crippen LogP contribution in [-0.2, 0) is 14.4 Å². The summed E-state index contributed by atoms with van der Waals surface area (Å²) in [7, 11) is 0. The van der Waals surface area contributed by atoms with Crippen molar-refractivity contribution in [2.45, 2.75) is 148 Å². The number of carbonyl (C=O) groups excluding carboxylic acids is 3.